The number of aliphatic hydroxyl groups excluding tert-OH is 1. The number of benzene rings is 1. The molecular formula is C23H27N8O3+. The molecule has 0 amide bonds. The van der Waals surface area contributed by atoms with Crippen molar-refractivity contribution >= 4 is 34.6 Å². The van der Waals surface area contributed by atoms with Gasteiger partial charge < -0.3 is 35.1 Å². The number of hydrogen-bond acceptors (Lipinski definition) is 9. The minimum Gasteiger partial charge on any atom is -0.483 e. The summed E-state index contributed by atoms with van der Waals surface area (Å²) < 4.78 is 11.1. The summed E-state index contributed by atoms with van der Waals surface area (Å²) in [5.74, 6) is 2.14. The van der Waals surface area contributed by atoms with E-state index >= 15 is 0 Å². The first kappa shape index (κ1) is 21.9. The van der Waals surface area contributed by atoms with Crippen LogP contribution in [0.2, 0.25) is 0 Å². The predicted octanol–water partition coefficient (Wildman–Crippen LogP) is 1.86. The van der Waals surface area contributed by atoms with Crippen molar-refractivity contribution in [1.29, 1.82) is 0 Å². The number of nitrogens with one attached hydrogen (secondary N) is 4. The maximum atomic E-state index is 10.5. The molecule has 176 valence electrons. The third-order valence-corrected chi connectivity index (χ3v) is 5.31. The van der Waals surface area contributed by atoms with E-state index in [0.717, 1.165) is 11.3 Å². The molecule has 1 unspecified atom stereocenters. The molecule has 5 N–H and O–H groups in total. The fraction of sp³-hybridized carbons (Fsp3) is 0.304. The van der Waals surface area contributed by atoms with Crippen molar-refractivity contribution in [2.24, 2.45) is 0 Å². The van der Waals surface area contributed by atoms with Crippen molar-refractivity contribution < 1.29 is 19.6 Å². The maximum Gasteiger partial charge on any atom is 0.228 e. The van der Waals surface area contributed by atoms with Gasteiger partial charge in [0.1, 0.15) is 12.1 Å². The molecule has 1 aliphatic rings. The van der Waals surface area contributed by atoms with Gasteiger partial charge >= 0.3 is 0 Å². The number of ether oxygens (including phenoxy) is 2. The van der Waals surface area contributed by atoms with Crippen LogP contribution in [0, 0.1) is 6.92 Å². The molecule has 4 aromatic rings. The third-order valence-electron chi connectivity index (χ3n) is 5.31. The first-order valence-electron chi connectivity index (χ1n) is 11.1. The molecule has 0 saturated carbocycles. The minimum absolute atomic E-state index is 0.0207. The molecule has 1 aromatic carbocycles. The van der Waals surface area contributed by atoms with E-state index in [0.29, 0.717) is 55.0 Å². The van der Waals surface area contributed by atoms with Crippen molar-refractivity contribution in [2.75, 3.05) is 48.4 Å². The Kier molecular flexibility index (Phi) is 6.36. The summed E-state index contributed by atoms with van der Waals surface area (Å²) in [6.45, 7) is 4.67. The Morgan fingerprint density at radius 3 is 2.88 bits per heavy atom. The number of aliphatic hydroxyl groups is 1. The van der Waals surface area contributed by atoms with Gasteiger partial charge in [-0.25, -0.2) is 4.98 Å². The second-order valence-corrected chi connectivity index (χ2v) is 7.96. The van der Waals surface area contributed by atoms with Crippen LogP contribution >= 0.6 is 0 Å². The summed E-state index contributed by atoms with van der Waals surface area (Å²) >= 11 is 0. The smallest absolute Gasteiger partial charge is 0.228 e. The monoisotopic (exact) mass is 463 g/mol. The van der Waals surface area contributed by atoms with E-state index < -0.39 is 6.23 Å². The van der Waals surface area contributed by atoms with Crippen LogP contribution < -0.4 is 25.3 Å². The molecule has 1 fully saturated rings. The molecule has 1 atom stereocenters. The number of aromatic nitrogens is 5. The zero-order chi connectivity index (χ0) is 23.3. The Morgan fingerprint density at radius 1 is 1.21 bits per heavy atom. The van der Waals surface area contributed by atoms with Crippen molar-refractivity contribution in [3.63, 3.8) is 0 Å². The Hall–Kier alpha value is -3.96. The van der Waals surface area contributed by atoms with Crippen LogP contribution in [0.25, 0.3) is 11.2 Å². The average Bonchev–Trinajstić information content (AvgIpc) is 3.25. The van der Waals surface area contributed by atoms with Crippen molar-refractivity contribution in [1.82, 2.24) is 19.9 Å². The van der Waals surface area contributed by atoms with E-state index in [4.69, 9.17) is 9.47 Å². The molecule has 34 heavy (non-hydrogen) atoms. The lowest BCUT2D eigenvalue weighted by atomic mass is 10.2. The standard InChI is InChI=1S/C23H26N8O3/c1-15-4-2-5-16(12-15)25-22-27-19-20(28-22)29-23(30-21(19)31-8-10-33-11-9-31)26-18(32)14-34-17-6-3-7-24-13-17/h2-7,12-13,18,32H,8-11,14H2,1H3,(H3,25,26,27,28,29,30)/p+1. The lowest BCUT2D eigenvalue weighted by Gasteiger charge is -2.28. The quantitative estimate of drug-likeness (QED) is 0.289. The molecule has 0 radical (unpaired) electrons. The highest BCUT2D eigenvalue weighted by atomic mass is 16.5. The number of anilines is 4. The summed E-state index contributed by atoms with van der Waals surface area (Å²) in [6.07, 6.45) is 2.47. The topological polar surface area (TPSA) is 135 Å². The van der Waals surface area contributed by atoms with Gasteiger partial charge in [0.05, 0.1) is 13.2 Å². The first-order valence-corrected chi connectivity index (χ1v) is 11.1. The van der Waals surface area contributed by atoms with Crippen LogP contribution in [0.15, 0.2) is 48.8 Å². The second-order valence-electron chi connectivity index (χ2n) is 7.96. The van der Waals surface area contributed by atoms with E-state index in [2.05, 4.69) is 40.5 Å². The number of rotatable bonds is 8. The number of hydrogen-bond donors (Lipinski definition) is 4. The van der Waals surface area contributed by atoms with Crippen LogP contribution in [0.5, 0.6) is 5.75 Å². The Labute approximate surface area is 196 Å². The number of nitrogens with zero attached hydrogens (tertiary/aromatic N) is 4. The molecule has 0 bridgehead atoms. The molecule has 1 saturated heterocycles. The average molecular weight is 464 g/mol. The van der Waals surface area contributed by atoms with Crippen LogP contribution in [-0.4, -0.2) is 64.2 Å². The van der Waals surface area contributed by atoms with E-state index in [9.17, 15) is 5.11 Å². The summed E-state index contributed by atoms with van der Waals surface area (Å²) in [4.78, 5) is 22.2. The number of pyridine rings is 1. The molecular weight excluding hydrogens is 436 g/mol. The normalized spacial score (nSPS) is 14.7. The van der Waals surface area contributed by atoms with E-state index in [1.54, 1.807) is 18.5 Å². The maximum absolute atomic E-state index is 10.5. The summed E-state index contributed by atoms with van der Waals surface area (Å²) in [7, 11) is 0. The number of aromatic amines is 2. The van der Waals surface area contributed by atoms with Gasteiger partial charge in [-0.1, -0.05) is 12.1 Å². The van der Waals surface area contributed by atoms with Gasteiger partial charge in [-0.2, -0.15) is 15.0 Å². The molecule has 11 nitrogen and oxygen atoms in total. The van der Waals surface area contributed by atoms with Gasteiger partial charge in [-0.3, -0.25) is 0 Å². The van der Waals surface area contributed by atoms with E-state index in [1.165, 1.54) is 0 Å². The minimum atomic E-state index is -1.01. The van der Waals surface area contributed by atoms with Crippen LogP contribution in [-0.2, 0) is 4.74 Å². The largest absolute Gasteiger partial charge is 0.483 e. The second kappa shape index (κ2) is 9.89. The molecule has 11 heteroatoms. The predicted molar refractivity (Wildman–Crippen MR) is 127 cm³/mol. The zero-order valence-electron chi connectivity index (χ0n) is 18.8. The van der Waals surface area contributed by atoms with Crippen molar-refractivity contribution in [3.05, 3.63) is 54.4 Å². The van der Waals surface area contributed by atoms with Crippen LogP contribution in [0.4, 0.5) is 23.4 Å². The van der Waals surface area contributed by atoms with Gasteiger partial charge in [0.2, 0.25) is 18.1 Å². The van der Waals surface area contributed by atoms with Gasteiger partial charge in [-0.05, 0) is 30.7 Å². The molecule has 1 aliphatic heterocycles. The highest BCUT2D eigenvalue weighted by Gasteiger charge is 2.21. The number of morpholine rings is 1. The van der Waals surface area contributed by atoms with Crippen molar-refractivity contribution in [3.8, 4) is 5.75 Å². The van der Waals surface area contributed by atoms with Gasteiger partial charge in [-0.15, -0.1) is 0 Å². The SMILES string of the molecule is Cc1cccc(Nc2nc3nc(NC(O)COc4ccc[nH+]c4)nc(N4CCOCC4)c3[nH]2)c1. The van der Waals surface area contributed by atoms with Crippen LogP contribution in [0.1, 0.15) is 5.56 Å². The number of fused-ring (bicyclic) bond motifs is 1. The summed E-state index contributed by atoms with van der Waals surface area (Å²) in [6, 6.07) is 11.7. The number of H-pyrrole nitrogens is 2. The van der Waals surface area contributed by atoms with Gasteiger partial charge in [0.15, 0.2) is 29.6 Å². The highest BCUT2D eigenvalue weighted by Crippen LogP contribution is 2.27. The fourth-order valence-electron chi connectivity index (χ4n) is 3.70. The Balaban J connectivity index is 1.40. The molecule has 0 spiro atoms. The number of imidazole rings is 1. The fourth-order valence-corrected chi connectivity index (χ4v) is 3.70. The lowest BCUT2D eigenvalue weighted by Crippen LogP contribution is -2.37. The lowest BCUT2D eigenvalue weighted by molar-refractivity contribution is -0.379. The Bertz CT molecular complexity index is 1240. The van der Waals surface area contributed by atoms with Crippen molar-refractivity contribution in [2.45, 2.75) is 13.2 Å². The van der Waals surface area contributed by atoms with E-state index in [-0.39, 0.29) is 12.6 Å². The zero-order valence-corrected chi connectivity index (χ0v) is 18.8. The van der Waals surface area contributed by atoms with E-state index in [1.807, 2.05) is 37.3 Å². The third kappa shape index (κ3) is 5.16. The first-order chi connectivity index (χ1) is 16.6. The highest BCUT2D eigenvalue weighted by molar-refractivity contribution is 5.87. The molecule has 5 rings (SSSR count). The molecule has 4 heterocycles. The Morgan fingerprint density at radius 2 is 2.09 bits per heavy atom. The summed E-state index contributed by atoms with van der Waals surface area (Å²) in [5, 5.41) is 16.7. The number of aryl methyl sites for hydroxylation is 1. The van der Waals surface area contributed by atoms with Gasteiger partial charge in [0.25, 0.3) is 0 Å². The molecule has 3 aromatic heterocycles. The van der Waals surface area contributed by atoms with Crippen LogP contribution in [0.3, 0.4) is 0 Å². The molecule has 0 aliphatic carbocycles. The van der Waals surface area contributed by atoms with Gasteiger partial charge in [0, 0.05) is 24.8 Å². The summed E-state index contributed by atoms with van der Waals surface area (Å²) in [5.41, 5.74) is 3.27.